The molecular formula is C21H21ClF3N3O2. The minimum atomic E-state index is -4.37. The van der Waals surface area contributed by atoms with Crippen LogP contribution in [0.2, 0.25) is 5.02 Å². The molecule has 0 aliphatic carbocycles. The van der Waals surface area contributed by atoms with Gasteiger partial charge in [-0.2, -0.15) is 13.2 Å². The number of carbonyl (C=O) groups excluding carboxylic acids is 1. The van der Waals surface area contributed by atoms with Gasteiger partial charge in [-0.25, -0.2) is 0 Å². The van der Waals surface area contributed by atoms with Gasteiger partial charge in [0.1, 0.15) is 5.02 Å². The molecule has 0 spiro atoms. The highest BCUT2D eigenvalue weighted by molar-refractivity contribution is 6.31. The van der Waals surface area contributed by atoms with Crippen molar-refractivity contribution < 1.29 is 18.0 Å². The van der Waals surface area contributed by atoms with Gasteiger partial charge < -0.3 is 14.4 Å². The molecule has 4 rings (SSSR count). The van der Waals surface area contributed by atoms with Gasteiger partial charge in [0.2, 0.25) is 5.91 Å². The summed E-state index contributed by atoms with van der Waals surface area (Å²) in [6, 6.07) is 5.24. The highest BCUT2D eigenvalue weighted by Crippen LogP contribution is 2.35. The number of amides is 1. The summed E-state index contributed by atoms with van der Waals surface area (Å²) in [6.45, 7) is 3.64. The monoisotopic (exact) mass is 439 g/mol. The molecule has 0 saturated carbocycles. The predicted molar refractivity (Wildman–Crippen MR) is 107 cm³/mol. The van der Waals surface area contributed by atoms with Crippen LogP contribution in [-0.4, -0.2) is 28.5 Å². The Morgan fingerprint density at radius 1 is 1.23 bits per heavy atom. The molecule has 1 saturated heterocycles. The highest BCUT2D eigenvalue weighted by atomic mass is 35.5. The van der Waals surface area contributed by atoms with Crippen LogP contribution in [0.5, 0.6) is 0 Å². The number of carbonyl (C=O) groups is 1. The normalized spacial score (nSPS) is 16.6. The average molecular weight is 440 g/mol. The molecule has 0 N–H and O–H groups in total. The maximum Gasteiger partial charge on any atom is 0.416 e. The number of halogens is 4. The third-order valence-corrected chi connectivity index (χ3v) is 6.47. The van der Waals surface area contributed by atoms with Crippen molar-refractivity contribution in [3.8, 4) is 0 Å². The van der Waals surface area contributed by atoms with Crippen LogP contribution in [0.1, 0.15) is 28.8 Å². The number of anilines is 1. The number of hydrogen-bond donors (Lipinski definition) is 0. The number of hydrogen-bond acceptors (Lipinski definition) is 3. The van der Waals surface area contributed by atoms with Crippen LogP contribution in [-0.2, 0) is 31.1 Å². The lowest BCUT2D eigenvalue weighted by Crippen LogP contribution is -2.48. The standard InChI is InChI=1S/C21H21ClF3N3O2/c1-12-16-10-28(11-17(16)26(2)20(30)19(12)22)18(29)6-13-8-27(9-13)15-5-3-4-14(7-15)21(23,24)25/h3-5,7,13H,6,8-11H2,1-2H3. The van der Waals surface area contributed by atoms with E-state index in [4.69, 9.17) is 11.6 Å². The van der Waals surface area contributed by atoms with Crippen LogP contribution in [0, 0.1) is 12.8 Å². The van der Waals surface area contributed by atoms with Gasteiger partial charge in [-0.3, -0.25) is 9.59 Å². The molecule has 3 heterocycles. The van der Waals surface area contributed by atoms with Crippen molar-refractivity contribution in [1.82, 2.24) is 9.47 Å². The van der Waals surface area contributed by atoms with E-state index in [0.29, 0.717) is 43.9 Å². The Kier molecular flexibility index (Phi) is 5.08. The number of aromatic nitrogens is 1. The maximum absolute atomic E-state index is 12.9. The third kappa shape index (κ3) is 3.57. The van der Waals surface area contributed by atoms with Gasteiger partial charge in [-0.1, -0.05) is 17.7 Å². The summed E-state index contributed by atoms with van der Waals surface area (Å²) in [5.74, 6) is 0.0622. The molecule has 1 aromatic heterocycles. The van der Waals surface area contributed by atoms with Crippen molar-refractivity contribution in [3.63, 3.8) is 0 Å². The largest absolute Gasteiger partial charge is 0.416 e. The molecule has 1 amide bonds. The molecular weight excluding hydrogens is 419 g/mol. The van der Waals surface area contributed by atoms with Gasteiger partial charge in [0.05, 0.1) is 12.1 Å². The summed E-state index contributed by atoms with van der Waals surface area (Å²) in [5, 5.41) is 0.182. The van der Waals surface area contributed by atoms with Gasteiger partial charge in [-0.15, -0.1) is 0 Å². The zero-order valence-corrected chi connectivity index (χ0v) is 17.3. The van der Waals surface area contributed by atoms with E-state index in [2.05, 4.69) is 0 Å². The quantitative estimate of drug-likeness (QED) is 0.732. The summed E-state index contributed by atoms with van der Waals surface area (Å²) in [6.07, 6.45) is -4.05. The van der Waals surface area contributed by atoms with Gasteiger partial charge in [0.15, 0.2) is 0 Å². The van der Waals surface area contributed by atoms with E-state index in [9.17, 15) is 22.8 Å². The smallest absolute Gasteiger partial charge is 0.371 e. The predicted octanol–water partition coefficient (Wildman–Crippen LogP) is 3.73. The maximum atomic E-state index is 12.9. The van der Waals surface area contributed by atoms with E-state index in [1.807, 2.05) is 4.90 Å². The number of alkyl halides is 3. The Morgan fingerprint density at radius 2 is 1.93 bits per heavy atom. The lowest BCUT2D eigenvalue weighted by atomic mass is 9.94. The van der Waals surface area contributed by atoms with Crippen LogP contribution in [0.15, 0.2) is 29.1 Å². The summed E-state index contributed by atoms with van der Waals surface area (Å²) in [4.78, 5) is 28.5. The second-order valence-electron chi connectivity index (χ2n) is 8.00. The molecule has 0 bridgehead atoms. The second kappa shape index (κ2) is 7.34. The molecule has 1 fully saturated rings. The fourth-order valence-corrected chi connectivity index (χ4v) is 4.40. The molecule has 0 atom stereocenters. The Hall–Kier alpha value is -2.48. The number of pyridine rings is 1. The average Bonchev–Trinajstić information content (AvgIpc) is 3.12. The molecule has 2 aromatic rings. The number of nitrogens with zero attached hydrogens (tertiary/aromatic N) is 3. The molecule has 2 aliphatic rings. The topological polar surface area (TPSA) is 45.6 Å². The first-order valence-corrected chi connectivity index (χ1v) is 10.0. The van der Waals surface area contributed by atoms with E-state index in [0.717, 1.165) is 23.4 Å². The molecule has 30 heavy (non-hydrogen) atoms. The van der Waals surface area contributed by atoms with Crippen molar-refractivity contribution in [2.75, 3.05) is 18.0 Å². The number of fused-ring (bicyclic) bond motifs is 1. The number of benzene rings is 1. The molecule has 160 valence electrons. The fraction of sp³-hybridized carbons (Fsp3) is 0.429. The van der Waals surface area contributed by atoms with Gasteiger partial charge in [0, 0.05) is 50.4 Å². The lowest BCUT2D eigenvalue weighted by molar-refractivity contribution is -0.137. The van der Waals surface area contributed by atoms with Crippen LogP contribution in [0.25, 0.3) is 0 Å². The summed E-state index contributed by atoms with van der Waals surface area (Å²) in [7, 11) is 1.65. The summed E-state index contributed by atoms with van der Waals surface area (Å²) < 4.78 is 40.2. The van der Waals surface area contributed by atoms with E-state index in [-0.39, 0.29) is 22.4 Å². The van der Waals surface area contributed by atoms with E-state index >= 15 is 0 Å². The Morgan fingerprint density at radius 3 is 2.60 bits per heavy atom. The minimum absolute atomic E-state index is 0.0251. The summed E-state index contributed by atoms with van der Waals surface area (Å²) >= 11 is 6.11. The molecule has 0 unspecified atom stereocenters. The third-order valence-electron chi connectivity index (χ3n) is 6.03. The Balaban J connectivity index is 1.38. The van der Waals surface area contributed by atoms with Crippen molar-refractivity contribution in [1.29, 1.82) is 0 Å². The van der Waals surface area contributed by atoms with Gasteiger partial charge >= 0.3 is 6.18 Å². The van der Waals surface area contributed by atoms with Crippen molar-refractivity contribution in [2.24, 2.45) is 13.0 Å². The number of rotatable bonds is 3. The lowest BCUT2D eigenvalue weighted by Gasteiger charge is -2.41. The first-order chi connectivity index (χ1) is 14.1. The minimum Gasteiger partial charge on any atom is -0.371 e. The Bertz CT molecular complexity index is 1070. The molecule has 5 nitrogen and oxygen atoms in total. The molecule has 2 aliphatic heterocycles. The zero-order chi connectivity index (χ0) is 21.8. The van der Waals surface area contributed by atoms with Crippen molar-refractivity contribution >= 4 is 23.2 Å². The van der Waals surface area contributed by atoms with Crippen LogP contribution in [0.3, 0.4) is 0 Å². The first kappa shape index (κ1) is 20.8. The Labute approximate surface area is 176 Å². The molecule has 9 heteroatoms. The fourth-order valence-electron chi connectivity index (χ4n) is 4.16. The summed E-state index contributed by atoms with van der Waals surface area (Å²) in [5.41, 5.74) is 2.00. The van der Waals surface area contributed by atoms with Gasteiger partial charge in [-0.05, 0) is 36.2 Å². The molecule has 0 radical (unpaired) electrons. The van der Waals surface area contributed by atoms with Crippen molar-refractivity contribution in [3.05, 3.63) is 62.0 Å². The zero-order valence-electron chi connectivity index (χ0n) is 16.6. The van der Waals surface area contributed by atoms with Crippen molar-refractivity contribution in [2.45, 2.75) is 32.6 Å². The van der Waals surface area contributed by atoms with E-state index in [1.54, 1.807) is 24.9 Å². The van der Waals surface area contributed by atoms with Crippen LogP contribution in [0.4, 0.5) is 18.9 Å². The van der Waals surface area contributed by atoms with E-state index < -0.39 is 11.7 Å². The van der Waals surface area contributed by atoms with Crippen LogP contribution >= 0.6 is 11.6 Å². The van der Waals surface area contributed by atoms with E-state index in [1.165, 1.54) is 10.6 Å². The van der Waals surface area contributed by atoms with Crippen LogP contribution < -0.4 is 10.5 Å². The molecule has 1 aromatic carbocycles. The van der Waals surface area contributed by atoms with Gasteiger partial charge in [0.25, 0.3) is 5.56 Å². The highest BCUT2D eigenvalue weighted by Gasteiger charge is 2.35. The first-order valence-electron chi connectivity index (χ1n) is 9.63. The second-order valence-corrected chi connectivity index (χ2v) is 8.38. The SMILES string of the molecule is Cc1c2c(n(C)c(=O)c1Cl)CN(C(=O)CC1CN(c3cccc(C(F)(F)F)c3)C1)C2.